The quantitative estimate of drug-likeness (QED) is 0.440. The van der Waals surface area contributed by atoms with E-state index in [1.807, 2.05) is 32.0 Å². The first-order valence-corrected chi connectivity index (χ1v) is 8.98. The molecule has 0 spiro atoms. The van der Waals surface area contributed by atoms with E-state index in [1.165, 1.54) is 5.39 Å². The van der Waals surface area contributed by atoms with Crippen LogP contribution in [0.15, 0.2) is 66.7 Å². The van der Waals surface area contributed by atoms with Crippen molar-refractivity contribution in [2.75, 3.05) is 0 Å². The highest BCUT2D eigenvalue weighted by Gasteiger charge is 2.18. The molecular weight excluding hydrogens is 334 g/mol. The highest BCUT2D eigenvalue weighted by atomic mass is 16.3. The molecule has 0 aliphatic rings. The van der Waals surface area contributed by atoms with Gasteiger partial charge < -0.3 is 9.67 Å². The highest BCUT2D eigenvalue weighted by Crippen LogP contribution is 2.38. The summed E-state index contributed by atoms with van der Waals surface area (Å²) in [5.74, 6) is 0.264. The molecule has 0 fully saturated rings. The number of benzene rings is 3. The van der Waals surface area contributed by atoms with Crippen LogP contribution in [0.1, 0.15) is 11.4 Å². The van der Waals surface area contributed by atoms with Crippen LogP contribution >= 0.6 is 0 Å². The van der Waals surface area contributed by atoms with Gasteiger partial charge in [-0.25, -0.2) is 0 Å². The highest BCUT2D eigenvalue weighted by molar-refractivity contribution is 6.10. The lowest BCUT2D eigenvalue weighted by Crippen LogP contribution is -1.98. The fourth-order valence-corrected chi connectivity index (χ4v) is 4.05. The molecule has 5 rings (SSSR count). The second-order valence-electron chi connectivity index (χ2n) is 6.88. The van der Waals surface area contributed by atoms with Crippen molar-refractivity contribution >= 4 is 21.8 Å². The minimum absolute atomic E-state index is 0.264. The van der Waals surface area contributed by atoms with E-state index in [1.54, 1.807) is 6.07 Å². The molecule has 4 heteroatoms. The van der Waals surface area contributed by atoms with Gasteiger partial charge in [-0.05, 0) is 38.1 Å². The van der Waals surface area contributed by atoms with Gasteiger partial charge in [-0.3, -0.25) is 5.10 Å². The predicted octanol–water partition coefficient (Wildman–Crippen LogP) is 5.50. The Kier molecular flexibility index (Phi) is 3.34. The largest absolute Gasteiger partial charge is 0.508 e. The van der Waals surface area contributed by atoms with E-state index in [0.29, 0.717) is 0 Å². The zero-order valence-electron chi connectivity index (χ0n) is 15.2. The van der Waals surface area contributed by atoms with Gasteiger partial charge in [0.2, 0.25) is 0 Å². The third-order valence-electron chi connectivity index (χ3n) is 5.20. The molecule has 0 aliphatic heterocycles. The molecule has 5 aromatic rings. The molecular formula is C23H19N3O. The first-order valence-electron chi connectivity index (χ1n) is 8.98. The van der Waals surface area contributed by atoms with E-state index < -0.39 is 0 Å². The molecule has 0 saturated carbocycles. The first kappa shape index (κ1) is 15.7. The van der Waals surface area contributed by atoms with Crippen LogP contribution in [-0.2, 0) is 0 Å². The second kappa shape index (κ2) is 5.74. The number of rotatable bonds is 2. The summed E-state index contributed by atoms with van der Waals surface area (Å²) in [7, 11) is 0. The molecule has 2 heterocycles. The van der Waals surface area contributed by atoms with Crippen molar-refractivity contribution < 1.29 is 5.11 Å². The number of aromatic amines is 1. The molecule has 27 heavy (non-hydrogen) atoms. The van der Waals surface area contributed by atoms with Crippen LogP contribution in [0, 0.1) is 13.8 Å². The number of aromatic hydroxyl groups is 1. The van der Waals surface area contributed by atoms with Crippen LogP contribution in [0.2, 0.25) is 0 Å². The summed E-state index contributed by atoms with van der Waals surface area (Å²) in [5.41, 5.74) is 7.43. The van der Waals surface area contributed by atoms with Crippen molar-refractivity contribution in [1.82, 2.24) is 14.8 Å². The van der Waals surface area contributed by atoms with Crippen molar-refractivity contribution in [3.05, 3.63) is 78.1 Å². The van der Waals surface area contributed by atoms with E-state index in [4.69, 9.17) is 0 Å². The Morgan fingerprint density at radius 2 is 1.59 bits per heavy atom. The SMILES string of the molecule is Cc1n[nH]c(C)c1-c1ccccc1-n1c2ccccc2c2ccc(O)cc21. The number of phenolic OH excluding ortho intramolecular Hbond substituents is 1. The number of hydrogen-bond acceptors (Lipinski definition) is 2. The van der Waals surface area contributed by atoms with Crippen molar-refractivity contribution in [2.24, 2.45) is 0 Å². The van der Waals surface area contributed by atoms with Gasteiger partial charge in [-0.2, -0.15) is 5.10 Å². The zero-order chi connectivity index (χ0) is 18.5. The van der Waals surface area contributed by atoms with E-state index in [9.17, 15) is 5.11 Å². The normalized spacial score (nSPS) is 11.5. The van der Waals surface area contributed by atoms with Gasteiger partial charge in [0.25, 0.3) is 0 Å². The van der Waals surface area contributed by atoms with Crippen molar-refractivity contribution in [2.45, 2.75) is 13.8 Å². The van der Waals surface area contributed by atoms with Crippen molar-refractivity contribution in [3.8, 4) is 22.6 Å². The number of nitrogens with zero attached hydrogens (tertiary/aromatic N) is 2. The monoisotopic (exact) mass is 353 g/mol. The summed E-state index contributed by atoms with van der Waals surface area (Å²) in [6, 6.07) is 22.3. The lowest BCUT2D eigenvalue weighted by Gasteiger charge is -2.14. The summed E-state index contributed by atoms with van der Waals surface area (Å²) in [4.78, 5) is 0. The first-order chi connectivity index (χ1) is 13.1. The maximum absolute atomic E-state index is 10.1. The van der Waals surface area contributed by atoms with Crippen molar-refractivity contribution in [3.63, 3.8) is 0 Å². The summed E-state index contributed by atoms with van der Waals surface area (Å²) >= 11 is 0. The van der Waals surface area contributed by atoms with Crippen LogP contribution in [0.4, 0.5) is 0 Å². The standard InChI is InChI=1S/C23H19N3O/c1-14-23(15(2)25-24-14)19-8-4-6-10-21(19)26-20-9-5-3-7-17(20)18-12-11-16(27)13-22(18)26/h3-13,27H,1-2H3,(H,24,25). The molecule has 0 unspecified atom stereocenters. The molecule has 4 nitrogen and oxygen atoms in total. The van der Waals surface area contributed by atoms with E-state index in [-0.39, 0.29) is 5.75 Å². The molecule has 2 aromatic heterocycles. The smallest absolute Gasteiger partial charge is 0.117 e. The van der Waals surface area contributed by atoms with E-state index in [2.05, 4.69) is 57.2 Å². The number of nitrogens with one attached hydrogen (secondary N) is 1. The summed E-state index contributed by atoms with van der Waals surface area (Å²) in [6.07, 6.45) is 0. The molecule has 0 atom stereocenters. The summed E-state index contributed by atoms with van der Waals surface area (Å²) in [5, 5.41) is 19.9. The van der Waals surface area contributed by atoms with Crippen LogP contribution in [0.3, 0.4) is 0 Å². The molecule has 3 aromatic carbocycles. The van der Waals surface area contributed by atoms with Gasteiger partial charge in [0.05, 0.1) is 22.4 Å². The zero-order valence-corrected chi connectivity index (χ0v) is 15.2. The molecule has 0 saturated heterocycles. The minimum Gasteiger partial charge on any atom is -0.508 e. The molecule has 132 valence electrons. The Hall–Kier alpha value is -3.53. The van der Waals surface area contributed by atoms with Gasteiger partial charge in [-0.15, -0.1) is 0 Å². The molecule has 0 radical (unpaired) electrons. The van der Waals surface area contributed by atoms with Crippen molar-refractivity contribution in [1.29, 1.82) is 0 Å². The van der Waals surface area contributed by atoms with Crippen LogP contribution in [0.25, 0.3) is 38.6 Å². The van der Waals surface area contributed by atoms with Gasteiger partial charge in [0.15, 0.2) is 0 Å². The lowest BCUT2D eigenvalue weighted by atomic mass is 10.0. The average molecular weight is 353 g/mol. The number of para-hydroxylation sites is 2. The predicted molar refractivity (Wildman–Crippen MR) is 110 cm³/mol. The third-order valence-corrected chi connectivity index (χ3v) is 5.20. The van der Waals surface area contributed by atoms with Gasteiger partial charge >= 0.3 is 0 Å². The fraction of sp³-hybridized carbons (Fsp3) is 0.0870. The molecule has 0 bridgehead atoms. The summed E-state index contributed by atoms with van der Waals surface area (Å²) in [6.45, 7) is 4.07. The topological polar surface area (TPSA) is 53.8 Å². The average Bonchev–Trinajstić information content (AvgIpc) is 3.18. The molecule has 0 amide bonds. The Morgan fingerprint density at radius 3 is 2.41 bits per heavy atom. The van der Waals surface area contributed by atoms with Crippen LogP contribution < -0.4 is 0 Å². The number of aryl methyl sites for hydroxylation is 2. The molecule has 0 aliphatic carbocycles. The maximum Gasteiger partial charge on any atom is 0.117 e. The molecule has 2 N–H and O–H groups in total. The second-order valence-corrected chi connectivity index (χ2v) is 6.88. The minimum atomic E-state index is 0.264. The van der Waals surface area contributed by atoms with E-state index in [0.717, 1.165) is 44.6 Å². The number of aromatic nitrogens is 3. The maximum atomic E-state index is 10.1. The van der Waals surface area contributed by atoms with Gasteiger partial charge in [-0.1, -0.05) is 36.4 Å². The summed E-state index contributed by atoms with van der Waals surface area (Å²) < 4.78 is 2.23. The number of H-pyrrole nitrogens is 1. The Balaban J connectivity index is 1.94. The van der Waals surface area contributed by atoms with Crippen LogP contribution in [0.5, 0.6) is 5.75 Å². The third kappa shape index (κ3) is 2.27. The van der Waals surface area contributed by atoms with Gasteiger partial charge in [0, 0.05) is 33.7 Å². The number of fused-ring (bicyclic) bond motifs is 3. The number of phenols is 1. The lowest BCUT2D eigenvalue weighted by molar-refractivity contribution is 0.476. The number of hydrogen-bond donors (Lipinski definition) is 2. The van der Waals surface area contributed by atoms with Gasteiger partial charge in [0.1, 0.15) is 5.75 Å². The Labute approximate surface area is 156 Å². The van der Waals surface area contributed by atoms with E-state index >= 15 is 0 Å². The Bertz CT molecular complexity index is 1290. The Morgan fingerprint density at radius 1 is 0.852 bits per heavy atom. The van der Waals surface area contributed by atoms with Crippen LogP contribution in [-0.4, -0.2) is 19.9 Å². The fourth-order valence-electron chi connectivity index (χ4n) is 4.05.